The van der Waals surface area contributed by atoms with Crippen LogP contribution in [0.2, 0.25) is 0 Å². The summed E-state index contributed by atoms with van der Waals surface area (Å²) in [5, 5.41) is 1.01. The minimum absolute atomic E-state index is 0.00656. The van der Waals surface area contributed by atoms with Crippen LogP contribution in [0.4, 0.5) is 0 Å². The topological polar surface area (TPSA) is 53.2 Å². The van der Waals surface area contributed by atoms with Gasteiger partial charge in [-0.1, -0.05) is 43.2 Å². The Morgan fingerprint density at radius 3 is 2.50 bits per heavy atom. The van der Waals surface area contributed by atoms with Crippen LogP contribution in [-0.2, 0) is 6.54 Å². The van der Waals surface area contributed by atoms with Crippen molar-refractivity contribution < 1.29 is 4.79 Å². The molecular weight excluding hydrogens is 348 g/mol. The molecule has 2 aromatic carbocycles. The van der Waals surface area contributed by atoms with Crippen molar-refractivity contribution in [2.45, 2.75) is 52.1 Å². The highest BCUT2D eigenvalue weighted by Crippen LogP contribution is 2.27. The molecule has 1 heterocycles. The molecule has 1 fully saturated rings. The molecule has 1 saturated carbocycles. The lowest BCUT2D eigenvalue weighted by Gasteiger charge is -2.29. The maximum Gasteiger partial charge on any atom is 0.254 e. The number of aryl methyl sites for hydroxylation is 2. The van der Waals surface area contributed by atoms with Crippen molar-refractivity contribution in [2.75, 3.05) is 0 Å². The van der Waals surface area contributed by atoms with Crippen LogP contribution in [0.1, 0.15) is 52.7 Å². The number of pyridine rings is 1. The molecule has 4 nitrogen and oxygen atoms in total. The molecule has 0 bridgehead atoms. The Hall–Kier alpha value is -2.88. The fourth-order valence-corrected chi connectivity index (χ4v) is 4.20. The predicted octanol–water partition coefficient (Wildman–Crippen LogP) is 4.73. The van der Waals surface area contributed by atoms with Crippen LogP contribution in [0.5, 0.6) is 0 Å². The van der Waals surface area contributed by atoms with Gasteiger partial charge in [-0.2, -0.15) is 0 Å². The summed E-state index contributed by atoms with van der Waals surface area (Å²) in [4.78, 5) is 31.0. The third-order valence-electron chi connectivity index (χ3n) is 6.02. The number of H-pyrrole nitrogens is 1. The molecule has 0 aliphatic heterocycles. The van der Waals surface area contributed by atoms with E-state index in [4.69, 9.17) is 0 Å². The Balaban J connectivity index is 1.72. The average molecular weight is 374 g/mol. The third-order valence-corrected chi connectivity index (χ3v) is 6.02. The fourth-order valence-electron chi connectivity index (χ4n) is 4.20. The first-order chi connectivity index (χ1) is 13.5. The van der Waals surface area contributed by atoms with Crippen LogP contribution >= 0.6 is 0 Å². The molecule has 1 amide bonds. The van der Waals surface area contributed by atoms with E-state index in [0.717, 1.165) is 47.7 Å². The van der Waals surface area contributed by atoms with Gasteiger partial charge in [-0.3, -0.25) is 9.59 Å². The number of fused-ring (bicyclic) bond motifs is 1. The molecule has 1 aliphatic carbocycles. The van der Waals surface area contributed by atoms with Gasteiger partial charge >= 0.3 is 0 Å². The molecule has 4 rings (SSSR count). The standard InChI is InChI=1S/C24H26N2O2/c1-16-12-13-19-14-20(23(27)25-22(19)17(16)2)15-26(21-10-6-7-11-21)24(28)18-8-4-3-5-9-18/h3-5,8-9,12-14,21H,6-7,10-11,15H2,1-2H3,(H,25,27). The molecule has 144 valence electrons. The van der Waals surface area contributed by atoms with Crippen LogP contribution in [-0.4, -0.2) is 21.8 Å². The van der Waals surface area contributed by atoms with Crippen LogP contribution < -0.4 is 5.56 Å². The molecule has 0 saturated heterocycles. The summed E-state index contributed by atoms with van der Waals surface area (Å²) < 4.78 is 0. The normalized spacial score (nSPS) is 14.5. The summed E-state index contributed by atoms with van der Waals surface area (Å²) in [7, 11) is 0. The van der Waals surface area contributed by atoms with Crippen molar-refractivity contribution in [1.82, 2.24) is 9.88 Å². The second kappa shape index (κ2) is 7.63. The van der Waals surface area contributed by atoms with Gasteiger partial charge in [0.25, 0.3) is 11.5 Å². The lowest BCUT2D eigenvalue weighted by molar-refractivity contribution is 0.0664. The molecule has 1 N–H and O–H groups in total. The van der Waals surface area contributed by atoms with Gasteiger partial charge in [0.05, 0.1) is 12.1 Å². The van der Waals surface area contributed by atoms with Crippen LogP contribution in [0.15, 0.2) is 53.3 Å². The zero-order valence-electron chi connectivity index (χ0n) is 16.5. The number of hydrogen-bond acceptors (Lipinski definition) is 2. The number of carbonyl (C=O) groups is 1. The molecule has 28 heavy (non-hydrogen) atoms. The monoisotopic (exact) mass is 374 g/mol. The first kappa shape index (κ1) is 18.5. The van der Waals surface area contributed by atoms with E-state index in [9.17, 15) is 9.59 Å². The number of carbonyl (C=O) groups excluding carboxylic acids is 1. The number of nitrogens with zero attached hydrogens (tertiary/aromatic N) is 1. The summed E-state index contributed by atoms with van der Waals surface area (Å²) >= 11 is 0. The molecule has 0 unspecified atom stereocenters. The number of aromatic amines is 1. The average Bonchev–Trinajstić information content (AvgIpc) is 3.24. The second-order valence-electron chi connectivity index (χ2n) is 7.83. The summed E-state index contributed by atoms with van der Waals surface area (Å²) in [6.07, 6.45) is 4.27. The van der Waals surface area contributed by atoms with Gasteiger partial charge in [0, 0.05) is 17.2 Å². The van der Waals surface area contributed by atoms with E-state index in [1.54, 1.807) is 0 Å². The predicted molar refractivity (Wildman–Crippen MR) is 113 cm³/mol. The Morgan fingerprint density at radius 2 is 1.79 bits per heavy atom. The van der Waals surface area contributed by atoms with Crippen molar-refractivity contribution in [1.29, 1.82) is 0 Å². The molecule has 0 radical (unpaired) electrons. The minimum Gasteiger partial charge on any atom is -0.331 e. The smallest absolute Gasteiger partial charge is 0.254 e. The fraction of sp³-hybridized carbons (Fsp3) is 0.333. The Kier molecular flexibility index (Phi) is 5.03. The molecular formula is C24H26N2O2. The van der Waals surface area contributed by atoms with Gasteiger partial charge in [-0.15, -0.1) is 0 Å². The lowest BCUT2D eigenvalue weighted by Crippen LogP contribution is -2.39. The van der Waals surface area contributed by atoms with E-state index in [1.165, 1.54) is 0 Å². The van der Waals surface area contributed by atoms with Crippen molar-refractivity contribution in [2.24, 2.45) is 0 Å². The molecule has 3 aromatic rings. The van der Waals surface area contributed by atoms with Crippen molar-refractivity contribution >= 4 is 16.8 Å². The first-order valence-corrected chi connectivity index (χ1v) is 10.0. The molecule has 0 spiro atoms. The molecule has 4 heteroatoms. The van der Waals surface area contributed by atoms with Gasteiger partial charge in [0.2, 0.25) is 0 Å². The zero-order valence-corrected chi connectivity index (χ0v) is 16.5. The minimum atomic E-state index is -0.106. The molecule has 1 aromatic heterocycles. The van der Waals surface area contributed by atoms with Gasteiger partial charge in [-0.05, 0) is 61.4 Å². The molecule has 0 atom stereocenters. The van der Waals surface area contributed by atoms with Crippen molar-refractivity contribution in [3.8, 4) is 0 Å². The number of aromatic nitrogens is 1. The largest absolute Gasteiger partial charge is 0.331 e. The summed E-state index contributed by atoms with van der Waals surface area (Å²) in [6.45, 7) is 4.41. The highest BCUT2D eigenvalue weighted by molar-refractivity contribution is 5.94. The maximum absolute atomic E-state index is 13.2. The Bertz CT molecular complexity index is 1060. The van der Waals surface area contributed by atoms with Crippen LogP contribution in [0, 0.1) is 13.8 Å². The van der Waals surface area contributed by atoms with E-state index in [-0.39, 0.29) is 17.5 Å². The number of benzene rings is 2. The van der Waals surface area contributed by atoms with Gasteiger partial charge in [-0.25, -0.2) is 0 Å². The second-order valence-corrected chi connectivity index (χ2v) is 7.83. The van der Waals surface area contributed by atoms with Gasteiger partial charge in [0.1, 0.15) is 0 Å². The van der Waals surface area contributed by atoms with E-state index in [0.29, 0.717) is 17.7 Å². The number of hydrogen-bond donors (Lipinski definition) is 1. The Morgan fingerprint density at radius 1 is 1.07 bits per heavy atom. The Labute approximate surface area is 165 Å². The van der Waals surface area contributed by atoms with Crippen molar-refractivity contribution in [3.05, 3.63) is 81.1 Å². The maximum atomic E-state index is 13.2. The van der Waals surface area contributed by atoms with E-state index < -0.39 is 0 Å². The lowest BCUT2D eigenvalue weighted by atomic mass is 10.0. The third kappa shape index (κ3) is 3.47. The van der Waals surface area contributed by atoms with Gasteiger partial charge in [0.15, 0.2) is 0 Å². The molecule has 1 aliphatic rings. The van der Waals surface area contributed by atoms with Crippen LogP contribution in [0.25, 0.3) is 10.9 Å². The summed E-state index contributed by atoms with van der Waals surface area (Å²) in [5.41, 5.74) is 4.35. The number of rotatable bonds is 4. The highest BCUT2D eigenvalue weighted by atomic mass is 16.2. The SMILES string of the molecule is Cc1ccc2cc(CN(C(=O)c3ccccc3)C3CCCC3)c(=O)[nH]c2c1C. The summed E-state index contributed by atoms with van der Waals surface area (Å²) in [5.74, 6) is 0.00656. The quantitative estimate of drug-likeness (QED) is 0.718. The highest BCUT2D eigenvalue weighted by Gasteiger charge is 2.28. The number of nitrogens with one attached hydrogen (secondary N) is 1. The zero-order chi connectivity index (χ0) is 19.7. The van der Waals surface area contributed by atoms with Crippen LogP contribution in [0.3, 0.4) is 0 Å². The van der Waals surface area contributed by atoms with E-state index >= 15 is 0 Å². The number of amides is 1. The van der Waals surface area contributed by atoms with Gasteiger partial charge < -0.3 is 9.88 Å². The first-order valence-electron chi connectivity index (χ1n) is 10.0. The van der Waals surface area contributed by atoms with E-state index in [1.807, 2.05) is 61.2 Å². The summed E-state index contributed by atoms with van der Waals surface area (Å²) in [6, 6.07) is 15.6. The van der Waals surface area contributed by atoms with Crippen molar-refractivity contribution in [3.63, 3.8) is 0 Å². The van der Waals surface area contributed by atoms with E-state index in [2.05, 4.69) is 11.1 Å².